The van der Waals surface area contributed by atoms with Crippen molar-refractivity contribution in [2.24, 2.45) is 28.9 Å². The Morgan fingerprint density at radius 3 is 1.65 bits per heavy atom. The molecular formula is C17H30N4O2. The Morgan fingerprint density at radius 1 is 1.00 bits per heavy atom. The van der Waals surface area contributed by atoms with E-state index in [0.29, 0.717) is 17.0 Å². The van der Waals surface area contributed by atoms with Gasteiger partial charge in [0.15, 0.2) is 0 Å². The number of unbranched alkanes of at least 4 members (excludes halogenated alkanes) is 1. The first-order chi connectivity index (χ1) is 10.6. The molecule has 1 aromatic rings. The van der Waals surface area contributed by atoms with Crippen LogP contribution in [0, 0.1) is 5.92 Å². The lowest BCUT2D eigenvalue weighted by Crippen LogP contribution is -2.39. The second kappa shape index (κ2) is 9.97. The molecule has 0 aromatic heterocycles. The summed E-state index contributed by atoms with van der Waals surface area (Å²) < 4.78 is 0. The Kier molecular flexibility index (Phi) is 9.14. The summed E-state index contributed by atoms with van der Waals surface area (Å²) in [4.78, 5) is 21.2. The summed E-state index contributed by atoms with van der Waals surface area (Å²) in [7, 11) is 0. The van der Waals surface area contributed by atoms with E-state index in [9.17, 15) is 9.59 Å². The highest BCUT2D eigenvalue weighted by Gasteiger charge is 2.19. The van der Waals surface area contributed by atoms with Crippen molar-refractivity contribution >= 4 is 11.8 Å². The molecule has 8 N–H and O–H groups in total. The second-order valence-corrected chi connectivity index (χ2v) is 6.31. The number of benzene rings is 1. The van der Waals surface area contributed by atoms with Gasteiger partial charge in [-0.15, -0.1) is 0 Å². The van der Waals surface area contributed by atoms with Crippen molar-refractivity contribution in [2.45, 2.75) is 45.6 Å². The third kappa shape index (κ3) is 8.95. The van der Waals surface area contributed by atoms with Crippen molar-refractivity contribution in [2.75, 3.05) is 6.54 Å². The molecule has 130 valence electrons. The molecule has 0 aliphatic heterocycles. The molecule has 0 fully saturated rings. The average molecular weight is 322 g/mol. The monoisotopic (exact) mass is 322 g/mol. The second-order valence-electron chi connectivity index (χ2n) is 6.31. The zero-order chi connectivity index (χ0) is 18.0. The summed E-state index contributed by atoms with van der Waals surface area (Å²) in [5.41, 5.74) is 22.0. The summed E-state index contributed by atoms with van der Waals surface area (Å²) in [6.07, 6.45) is 3.53. The minimum absolute atomic E-state index is 0.0331. The van der Waals surface area contributed by atoms with Crippen molar-refractivity contribution < 1.29 is 9.59 Å². The van der Waals surface area contributed by atoms with Gasteiger partial charge in [0.05, 0.1) is 0 Å². The van der Waals surface area contributed by atoms with Gasteiger partial charge >= 0.3 is 0 Å². The van der Waals surface area contributed by atoms with Crippen molar-refractivity contribution in [1.29, 1.82) is 0 Å². The van der Waals surface area contributed by atoms with Crippen LogP contribution < -0.4 is 22.9 Å². The van der Waals surface area contributed by atoms with E-state index in [1.54, 1.807) is 0 Å². The van der Waals surface area contributed by atoms with E-state index < -0.39 is 11.8 Å². The van der Waals surface area contributed by atoms with Crippen molar-refractivity contribution in [3.05, 3.63) is 35.4 Å². The molecule has 2 amide bonds. The smallest absolute Gasteiger partial charge is 0.248 e. The van der Waals surface area contributed by atoms with E-state index in [2.05, 4.69) is 20.8 Å². The van der Waals surface area contributed by atoms with Crippen LogP contribution in [-0.2, 0) is 0 Å². The summed E-state index contributed by atoms with van der Waals surface area (Å²) in [6, 6.07) is 5.84. The standard InChI is InChI=1S/C9H22N2.C8H8N2O2/c1-8(9(2,3)11)6-4-5-7-10;9-7(11)5-1-2-6(4-3-5)8(10)12/h8H,4-7,10-11H2,1-3H3;1-4H,(H2,9,11)(H2,10,12). The number of amides is 2. The molecule has 0 spiro atoms. The van der Waals surface area contributed by atoms with Crippen LogP contribution >= 0.6 is 0 Å². The number of nitrogens with two attached hydrogens (primary N) is 4. The van der Waals surface area contributed by atoms with Crippen LogP contribution in [0.2, 0.25) is 0 Å². The van der Waals surface area contributed by atoms with Gasteiger partial charge in [0, 0.05) is 16.7 Å². The number of carbonyl (C=O) groups excluding carboxylic acids is 2. The molecule has 0 saturated heterocycles. The molecule has 1 unspecified atom stereocenters. The van der Waals surface area contributed by atoms with E-state index in [0.717, 1.165) is 13.0 Å². The lowest BCUT2D eigenvalue weighted by atomic mass is 9.86. The Hall–Kier alpha value is -1.92. The van der Waals surface area contributed by atoms with Crippen LogP contribution in [0.15, 0.2) is 24.3 Å². The van der Waals surface area contributed by atoms with Crippen molar-refractivity contribution in [3.8, 4) is 0 Å². The Bertz CT molecular complexity index is 459. The molecule has 6 heteroatoms. The molecule has 0 saturated carbocycles. The van der Waals surface area contributed by atoms with Gasteiger partial charge in [0.25, 0.3) is 0 Å². The lowest BCUT2D eigenvalue weighted by molar-refractivity contribution is 0.0988. The van der Waals surface area contributed by atoms with Gasteiger partial charge in [0.2, 0.25) is 11.8 Å². The molecule has 1 rings (SSSR count). The summed E-state index contributed by atoms with van der Waals surface area (Å²) >= 11 is 0. The van der Waals surface area contributed by atoms with E-state index in [1.165, 1.54) is 37.1 Å². The third-order valence-corrected chi connectivity index (χ3v) is 3.82. The summed E-state index contributed by atoms with van der Waals surface area (Å²) in [5.74, 6) is -0.453. The summed E-state index contributed by atoms with van der Waals surface area (Å²) in [5, 5.41) is 0. The molecule has 0 radical (unpaired) electrons. The Labute approximate surface area is 138 Å². The van der Waals surface area contributed by atoms with Gasteiger partial charge in [-0.2, -0.15) is 0 Å². The maximum atomic E-state index is 10.6. The molecule has 0 aliphatic rings. The van der Waals surface area contributed by atoms with Crippen molar-refractivity contribution in [1.82, 2.24) is 0 Å². The van der Waals surface area contributed by atoms with Crippen LogP contribution in [0.1, 0.15) is 60.7 Å². The zero-order valence-electron chi connectivity index (χ0n) is 14.3. The number of carbonyl (C=O) groups is 2. The molecular weight excluding hydrogens is 292 g/mol. The topological polar surface area (TPSA) is 138 Å². The minimum atomic E-state index is -0.522. The van der Waals surface area contributed by atoms with E-state index in [4.69, 9.17) is 22.9 Å². The normalized spacial score (nSPS) is 12.0. The Morgan fingerprint density at radius 2 is 1.39 bits per heavy atom. The highest BCUT2D eigenvalue weighted by Crippen LogP contribution is 2.18. The van der Waals surface area contributed by atoms with Crippen LogP contribution in [0.4, 0.5) is 0 Å². The fraction of sp³-hybridized carbons (Fsp3) is 0.529. The molecule has 1 atom stereocenters. The number of rotatable bonds is 7. The highest BCUT2D eigenvalue weighted by atomic mass is 16.1. The van der Waals surface area contributed by atoms with Crippen molar-refractivity contribution in [3.63, 3.8) is 0 Å². The fourth-order valence-electron chi connectivity index (χ4n) is 1.77. The van der Waals surface area contributed by atoms with E-state index in [1.807, 2.05) is 0 Å². The van der Waals surface area contributed by atoms with Crippen LogP contribution in [0.3, 0.4) is 0 Å². The van der Waals surface area contributed by atoms with Gasteiger partial charge in [-0.1, -0.05) is 13.3 Å². The van der Waals surface area contributed by atoms with Crippen LogP contribution in [-0.4, -0.2) is 23.9 Å². The first-order valence-electron chi connectivity index (χ1n) is 7.78. The largest absolute Gasteiger partial charge is 0.366 e. The average Bonchev–Trinajstić information content (AvgIpc) is 2.47. The summed E-state index contributed by atoms with van der Waals surface area (Å²) in [6.45, 7) is 7.18. The number of hydrogen-bond donors (Lipinski definition) is 4. The predicted octanol–water partition coefficient (Wildman–Crippen LogP) is 1.37. The van der Waals surface area contributed by atoms with Crippen LogP contribution in [0.5, 0.6) is 0 Å². The molecule has 6 nitrogen and oxygen atoms in total. The molecule has 1 aromatic carbocycles. The zero-order valence-corrected chi connectivity index (χ0v) is 14.3. The molecule has 0 bridgehead atoms. The lowest BCUT2D eigenvalue weighted by Gasteiger charge is -2.27. The first-order valence-corrected chi connectivity index (χ1v) is 7.78. The van der Waals surface area contributed by atoms with E-state index in [-0.39, 0.29) is 5.54 Å². The quantitative estimate of drug-likeness (QED) is 0.563. The number of hydrogen-bond acceptors (Lipinski definition) is 4. The molecule has 0 aliphatic carbocycles. The maximum absolute atomic E-state index is 10.6. The van der Waals surface area contributed by atoms with E-state index >= 15 is 0 Å². The van der Waals surface area contributed by atoms with Gasteiger partial charge in [-0.25, -0.2) is 0 Å². The van der Waals surface area contributed by atoms with Gasteiger partial charge in [0.1, 0.15) is 0 Å². The molecule has 0 heterocycles. The van der Waals surface area contributed by atoms with Gasteiger partial charge in [-0.3, -0.25) is 9.59 Å². The molecule has 23 heavy (non-hydrogen) atoms. The number of primary amides is 2. The SMILES string of the molecule is CC(CCCCN)C(C)(C)N.NC(=O)c1ccc(C(N)=O)cc1. The predicted molar refractivity (Wildman–Crippen MR) is 93.8 cm³/mol. The van der Waals surface area contributed by atoms with Gasteiger partial charge in [-0.05, 0) is 63.4 Å². The van der Waals surface area contributed by atoms with Gasteiger partial charge < -0.3 is 22.9 Å². The Balaban J connectivity index is 0.000000423. The highest BCUT2D eigenvalue weighted by molar-refractivity contribution is 5.96. The minimum Gasteiger partial charge on any atom is -0.366 e. The third-order valence-electron chi connectivity index (χ3n) is 3.82. The fourth-order valence-corrected chi connectivity index (χ4v) is 1.77. The first kappa shape index (κ1) is 21.1. The maximum Gasteiger partial charge on any atom is 0.248 e. The van der Waals surface area contributed by atoms with Crippen LogP contribution in [0.25, 0.3) is 0 Å².